The van der Waals surface area contributed by atoms with Gasteiger partial charge < -0.3 is 5.32 Å². The van der Waals surface area contributed by atoms with Gasteiger partial charge in [-0.15, -0.1) is 11.3 Å². The first kappa shape index (κ1) is 13.3. The number of likely N-dealkylation sites (N-methyl/N-ethyl adjacent to an activating group) is 1. The smallest absolute Gasteiger partial charge is 0.0706 e. The van der Waals surface area contributed by atoms with Gasteiger partial charge in [0.05, 0.1) is 17.3 Å². The number of nitrogens with zero attached hydrogens (tertiary/aromatic N) is 1. The van der Waals surface area contributed by atoms with Crippen LogP contribution in [0.5, 0.6) is 0 Å². The largest absolute Gasteiger partial charge is 0.309 e. The van der Waals surface area contributed by atoms with Crippen LogP contribution in [0.2, 0.25) is 0 Å². The zero-order chi connectivity index (χ0) is 13.8. The summed E-state index contributed by atoms with van der Waals surface area (Å²) < 4.78 is 0. The molecule has 0 bridgehead atoms. The van der Waals surface area contributed by atoms with Crippen molar-refractivity contribution in [3.05, 3.63) is 64.5 Å². The van der Waals surface area contributed by atoms with Crippen molar-refractivity contribution < 1.29 is 0 Å². The molecule has 0 fully saturated rings. The fourth-order valence-corrected chi connectivity index (χ4v) is 3.19. The Morgan fingerprint density at radius 2 is 2.00 bits per heavy atom. The Morgan fingerprint density at radius 1 is 1.10 bits per heavy atom. The van der Waals surface area contributed by atoms with E-state index in [1.165, 1.54) is 10.3 Å². The molecule has 1 atom stereocenters. The van der Waals surface area contributed by atoms with E-state index in [1.807, 2.05) is 17.4 Å². The number of rotatable bonds is 5. The minimum atomic E-state index is 0.281. The molecule has 0 aliphatic rings. The van der Waals surface area contributed by atoms with Crippen molar-refractivity contribution in [1.82, 2.24) is 10.3 Å². The van der Waals surface area contributed by atoms with Crippen molar-refractivity contribution in [2.45, 2.75) is 19.4 Å². The van der Waals surface area contributed by atoms with E-state index in [0.717, 1.165) is 24.2 Å². The topological polar surface area (TPSA) is 24.9 Å². The van der Waals surface area contributed by atoms with E-state index in [4.69, 9.17) is 4.98 Å². The van der Waals surface area contributed by atoms with Gasteiger partial charge in [-0.25, -0.2) is 0 Å². The van der Waals surface area contributed by atoms with Gasteiger partial charge in [-0.3, -0.25) is 4.98 Å². The van der Waals surface area contributed by atoms with Crippen molar-refractivity contribution in [3.63, 3.8) is 0 Å². The highest BCUT2D eigenvalue weighted by Crippen LogP contribution is 2.22. The average Bonchev–Trinajstić information content (AvgIpc) is 2.99. The summed E-state index contributed by atoms with van der Waals surface area (Å²) in [5, 5.41) is 6.87. The quantitative estimate of drug-likeness (QED) is 0.759. The molecule has 0 aliphatic heterocycles. The second kappa shape index (κ2) is 6.16. The molecule has 0 saturated heterocycles. The predicted octanol–water partition coefficient (Wildman–Crippen LogP) is 4.19. The van der Waals surface area contributed by atoms with Gasteiger partial charge in [-0.1, -0.05) is 37.3 Å². The molecule has 2 aromatic heterocycles. The van der Waals surface area contributed by atoms with Crippen LogP contribution in [-0.4, -0.2) is 11.5 Å². The molecule has 1 aromatic carbocycles. The van der Waals surface area contributed by atoms with Crippen molar-refractivity contribution >= 4 is 22.2 Å². The van der Waals surface area contributed by atoms with Gasteiger partial charge >= 0.3 is 0 Å². The highest BCUT2D eigenvalue weighted by atomic mass is 32.1. The van der Waals surface area contributed by atoms with Gasteiger partial charge in [0.15, 0.2) is 0 Å². The van der Waals surface area contributed by atoms with Crippen molar-refractivity contribution in [2.75, 3.05) is 6.54 Å². The lowest BCUT2D eigenvalue weighted by atomic mass is 10.1. The van der Waals surface area contributed by atoms with Gasteiger partial charge in [0.25, 0.3) is 0 Å². The average molecular weight is 282 g/mol. The minimum absolute atomic E-state index is 0.281. The molecule has 20 heavy (non-hydrogen) atoms. The maximum absolute atomic E-state index is 4.82. The monoisotopic (exact) mass is 282 g/mol. The first-order valence-corrected chi connectivity index (χ1v) is 7.86. The van der Waals surface area contributed by atoms with Crippen LogP contribution in [0.25, 0.3) is 10.9 Å². The summed E-state index contributed by atoms with van der Waals surface area (Å²) in [6, 6.07) is 17.2. The lowest BCUT2D eigenvalue weighted by Crippen LogP contribution is -2.23. The number of hydrogen-bond acceptors (Lipinski definition) is 3. The molecule has 102 valence electrons. The Kier molecular flexibility index (Phi) is 4.09. The molecule has 0 aliphatic carbocycles. The van der Waals surface area contributed by atoms with E-state index in [-0.39, 0.29) is 6.04 Å². The predicted molar refractivity (Wildman–Crippen MR) is 86.2 cm³/mol. The van der Waals surface area contributed by atoms with Crippen molar-refractivity contribution in [2.24, 2.45) is 0 Å². The van der Waals surface area contributed by atoms with Gasteiger partial charge in [-0.2, -0.15) is 0 Å². The van der Waals surface area contributed by atoms with E-state index in [9.17, 15) is 0 Å². The van der Waals surface area contributed by atoms with Gasteiger partial charge in [0.1, 0.15) is 0 Å². The molecule has 1 unspecified atom stereocenters. The molecule has 2 heterocycles. The van der Waals surface area contributed by atoms with E-state index in [1.54, 1.807) is 0 Å². The Labute approximate surface area is 123 Å². The van der Waals surface area contributed by atoms with Crippen LogP contribution in [-0.2, 0) is 6.42 Å². The molecule has 0 radical (unpaired) electrons. The Bertz CT molecular complexity index is 676. The number of nitrogens with one attached hydrogen (secondary N) is 1. The molecule has 1 N–H and O–H groups in total. The van der Waals surface area contributed by atoms with E-state index >= 15 is 0 Å². The van der Waals surface area contributed by atoms with Gasteiger partial charge in [0, 0.05) is 16.7 Å². The second-order valence-corrected chi connectivity index (χ2v) is 5.85. The van der Waals surface area contributed by atoms with Crippen LogP contribution < -0.4 is 5.32 Å². The first-order chi connectivity index (χ1) is 9.86. The summed E-state index contributed by atoms with van der Waals surface area (Å²) >= 11 is 1.81. The summed E-state index contributed by atoms with van der Waals surface area (Å²) in [6.45, 7) is 3.09. The van der Waals surface area contributed by atoms with Crippen LogP contribution >= 0.6 is 11.3 Å². The first-order valence-electron chi connectivity index (χ1n) is 6.98. The number of fused-ring (bicyclic) bond motifs is 1. The highest BCUT2D eigenvalue weighted by molar-refractivity contribution is 7.09. The number of benzene rings is 1. The van der Waals surface area contributed by atoms with Gasteiger partial charge in [0.2, 0.25) is 0 Å². The molecule has 0 saturated carbocycles. The molecular weight excluding hydrogens is 264 g/mol. The lowest BCUT2D eigenvalue weighted by Gasteiger charge is -2.17. The molecule has 3 aromatic rings. The van der Waals surface area contributed by atoms with E-state index < -0.39 is 0 Å². The summed E-state index contributed by atoms with van der Waals surface area (Å²) in [7, 11) is 0. The third-order valence-corrected chi connectivity index (χ3v) is 4.31. The summed E-state index contributed by atoms with van der Waals surface area (Å²) in [5.41, 5.74) is 2.19. The van der Waals surface area contributed by atoms with Crippen molar-refractivity contribution in [3.8, 4) is 0 Å². The molecule has 3 heteroatoms. The maximum atomic E-state index is 4.82. The zero-order valence-corrected chi connectivity index (χ0v) is 12.4. The number of para-hydroxylation sites is 1. The number of aromatic nitrogens is 1. The second-order valence-electron chi connectivity index (χ2n) is 4.82. The third kappa shape index (κ3) is 2.89. The van der Waals surface area contributed by atoms with Gasteiger partial charge in [-0.05, 0) is 30.1 Å². The SMILES string of the molecule is CCNC(Cc1cccs1)c1ccc2ccccc2n1. The lowest BCUT2D eigenvalue weighted by molar-refractivity contribution is 0.541. The fourth-order valence-electron chi connectivity index (χ4n) is 2.43. The van der Waals surface area contributed by atoms with Crippen LogP contribution in [0.3, 0.4) is 0 Å². The van der Waals surface area contributed by atoms with E-state index in [2.05, 4.69) is 60.1 Å². The molecule has 3 rings (SSSR count). The standard InChI is InChI=1S/C17H18N2S/c1-2-18-17(12-14-7-5-11-20-14)16-10-9-13-6-3-4-8-15(13)19-16/h3-11,17-18H,2,12H2,1H3. The maximum Gasteiger partial charge on any atom is 0.0706 e. The van der Waals surface area contributed by atoms with E-state index in [0.29, 0.717) is 0 Å². The van der Waals surface area contributed by atoms with Crippen LogP contribution in [0.4, 0.5) is 0 Å². The number of hydrogen-bond donors (Lipinski definition) is 1. The molecule has 0 amide bonds. The van der Waals surface area contributed by atoms with Crippen LogP contribution in [0.1, 0.15) is 23.5 Å². The van der Waals surface area contributed by atoms with Crippen LogP contribution in [0.15, 0.2) is 53.9 Å². The summed E-state index contributed by atoms with van der Waals surface area (Å²) in [4.78, 5) is 6.21. The normalized spacial score (nSPS) is 12.7. The summed E-state index contributed by atoms with van der Waals surface area (Å²) in [6.07, 6.45) is 0.997. The Balaban J connectivity index is 1.91. The van der Waals surface area contributed by atoms with Crippen molar-refractivity contribution in [1.29, 1.82) is 0 Å². The van der Waals surface area contributed by atoms with Crippen LogP contribution in [0, 0.1) is 0 Å². The Hall–Kier alpha value is -1.71. The fraction of sp³-hybridized carbons (Fsp3) is 0.235. The summed E-state index contributed by atoms with van der Waals surface area (Å²) in [5.74, 6) is 0. The zero-order valence-electron chi connectivity index (χ0n) is 11.5. The minimum Gasteiger partial charge on any atom is -0.309 e. The third-order valence-electron chi connectivity index (χ3n) is 3.41. The number of pyridine rings is 1. The molecular formula is C17H18N2S. The number of thiophene rings is 1. The Morgan fingerprint density at radius 3 is 2.80 bits per heavy atom. The molecule has 0 spiro atoms. The molecule has 2 nitrogen and oxygen atoms in total. The highest BCUT2D eigenvalue weighted by Gasteiger charge is 2.13.